The quantitative estimate of drug-likeness (QED) is 0.269. The molecular weight excluding hydrogens is 368 g/mol. The van der Waals surface area contributed by atoms with Crippen LogP contribution in [0.1, 0.15) is 43.0 Å². The van der Waals surface area contributed by atoms with Gasteiger partial charge in [-0.05, 0) is 45.2 Å². The van der Waals surface area contributed by atoms with Gasteiger partial charge < -0.3 is 0 Å². The minimum atomic E-state index is 0.669. The molecule has 0 aliphatic rings. The molecule has 2 heteroatoms. The summed E-state index contributed by atoms with van der Waals surface area (Å²) in [5.41, 5.74) is 5.62. The summed E-state index contributed by atoms with van der Waals surface area (Å²) in [6, 6.07) is 27.7. The van der Waals surface area contributed by atoms with Crippen molar-refractivity contribution in [1.82, 2.24) is 0 Å². The lowest BCUT2D eigenvalue weighted by Crippen LogP contribution is -1.84. The molecule has 0 aromatic heterocycles. The summed E-state index contributed by atoms with van der Waals surface area (Å²) in [4.78, 5) is 21.7. The second-order valence-electron chi connectivity index (χ2n) is 7.06. The lowest BCUT2D eigenvalue weighted by molar-refractivity contribution is 0.111. The SMILES string of the molecule is O=Cc1ccc(/C=C/c2cc3ccccc3cc2/C=C/c2ccc(C=O)cc2)cc1. The Bertz CT molecular complexity index is 1140. The zero-order chi connectivity index (χ0) is 20.8. The van der Waals surface area contributed by atoms with Gasteiger partial charge in [-0.1, -0.05) is 97.1 Å². The van der Waals surface area contributed by atoms with E-state index in [0.717, 1.165) is 34.8 Å². The van der Waals surface area contributed by atoms with Crippen molar-refractivity contribution in [3.63, 3.8) is 0 Å². The highest BCUT2D eigenvalue weighted by Crippen LogP contribution is 2.24. The zero-order valence-corrected chi connectivity index (χ0v) is 16.4. The molecule has 0 atom stereocenters. The summed E-state index contributed by atoms with van der Waals surface area (Å²) in [6.45, 7) is 0. The molecule has 0 aliphatic carbocycles. The standard InChI is InChI=1S/C28H20O2/c29-19-23-9-5-21(6-10-23)13-15-27-17-25-3-1-2-4-26(25)18-28(27)16-14-22-7-11-24(20-30)12-8-22/h1-20H/b15-13+,16-14+. The molecule has 0 heterocycles. The predicted molar refractivity (Wildman–Crippen MR) is 125 cm³/mol. The molecule has 2 nitrogen and oxygen atoms in total. The van der Waals surface area contributed by atoms with Gasteiger partial charge in [-0.2, -0.15) is 0 Å². The first-order valence-electron chi connectivity index (χ1n) is 9.74. The lowest BCUT2D eigenvalue weighted by atomic mass is 9.98. The van der Waals surface area contributed by atoms with Crippen LogP contribution in [0.25, 0.3) is 35.1 Å². The number of benzene rings is 4. The highest BCUT2D eigenvalue weighted by atomic mass is 16.1. The van der Waals surface area contributed by atoms with Crippen molar-refractivity contribution in [1.29, 1.82) is 0 Å². The Morgan fingerprint density at radius 2 is 0.800 bits per heavy atom. The Hall–Kier alpha value is -4.04. The predicted octanol–water partition coefficient (Wildman–Crippen LogP) is 6.81. The molecule has 144 valence electrons. The van der Waals surface area contributed by atoms with Crippen LogP contribution in [-0.4, -0.2) is 12.6 Å². The minimum Gasteiger partial charge on any atom is -0.298 e. The molecule has 0 unspecified atom stereocenters. The fraction of sp³-hybridized carbons (Fsp3) is 0. The van der Waals surface area contributed by atoms with Gasteiger partial charge in [-0.25, -0.2) is 0 Å². The minimum absolute atomic E-state index is 0.669. The average Bonchev–Trinajstić information content (AvgIpc) is 2.81. The van der Waals surface area contributed by atoms with E-state index >= 15 is 0 Å². The van der Waals surface area contributed by atoms with Crippen LogP contribution >= 0.6 is 0 Å². The van der Waals surface area contributed by atoms with Gasteiger partial charge in [0.05, 0.1) is 0 Å². The first kappa shape index (κ1) is 19.3. The Morgan fingerprint density at radius 3 is 1.17 bits per heavy atom. The molecule has 0 N–H and O–H groups in total. The van der Waals surface area contributed by atoms with Gasteiger partial charge in [0.15, 0.2) is 0 Å². The van der Waals surface area contributed by atoms with E-state index in [-0.39, 0.29) is 0 Å². The molecule has 0 radical (unpaired) electrons. The number of rotatable bonds is 6. The number of hydrogen-bond donors (Lipinski definition) is 0. The van der Waals surface area contributed by atoms with Crippen molar-refractivity contribution in [2.75, 3.05) is 0 Å². The molecule has 4 aromatic carbocycles. The second kappa shape index (κ2) is 8.97. The molecule has 30 heavy (non-hydrogen) atoms. The molecule has 4 rings (SSSR count). The van der Waals surface area contributed by atoms with Gasteiger partial charge in [0.2, 0.25) is 0 Å². The van der Waals surface area contributed by atoms with Crippen molar-refractivity contribution in [3.05, 3.63) is 118 Å². The highest BCUT2D eigenvalue weighted by Gasteiger charge is 2.01. The van der Waals surface area contributed by atoms with Gasteiger partial charge in [0.25, 0.3) is 0 Å². The molecule has 0 saturated carbocycles. The van der Waals surface area contributed by atoms with E-state index in [1.54, 1.807) is 0 Å². The smallest absolute Gasteiger partial charge is 0.150 e. The Morgan fingerprint density at radius 1 is 0.433 bits per heavy atom. The van der Waals surface area contributed by atoms with Crippen molar-refractivity contribution in [2.45, 2.75) is 0 Å². The van der Waals surface area contributed by atoms with Crippen LogP contribution in [0.5, 0.6) is 0 Å². The third-order valence-corrected chi connectivity index (χ3v) is 5.01. The first-order valence-corrected chi connectivity index (χ1v) is 9.74. The van der Waals surface area contributed by atoms with Crippen LogP contribution in [0, 0.1) is 0 Å². The van der Waals surface area contributed by atoms with Crippen molar-refractivity contribution < 1.29 is 9.59 Å². The number of carbonyl (C=O) groups excluding carboxylic acids is 2. The third-order valence-electron chi connectivity index (χ3n) is 5.01. The average molecular weight is 388 g/mol. The van der Waals surface area contributed by atoms with Gasteiger partial charge in [-0.15, -0.1) is 0 Å². The second-order valence-corrected chi connectivity index (χ2v) is 7.06. The van der Waals surface area contributed by atoms with Gasteiger partial charge >= 0.3 is 0 Å². The van der Waals surface area contributed by atoms with Gasteiger partial charge in [0.1, 0.15) is 12.6 Å². The Kier molecular flexibility index (Phi) is 5.77. The highest BCUT2D eigenvalue weighted by molar-refractivity contribution is 5.91. The van der Waals surface area contributed by atoms with Crippen molar-refractivity contribution in [3.8, 4) is 0 Å². The fourth-order valence-corrected chi connectivity index (χ4v) is 3.31. The van der Waals surface area contributed by atoms with Crippen LogP contribution in [0.3, 0.4) is 0 Å². The monoisotopic (exact) mass is 388 g/mol. The van der Waals surface area contributed by atoms with Crippen LogP contribution in [0.15, 0.2) is 84.9 Å². The van der Waals surface area contributed by atoms with Crippen molar-refractivity contribution in [2.24, 2.45) is 0 Å². The summed E-state index contributed by atoms with van der Waals surface area (Å²) < 4.78 is 0. The molecular formula is C28H20O2. The molecule has 0 aliphatic heterocycles. The van der Waals surface area contributed by atoms with E-state index in [2.05, 4.69) is 48.6 Å². The fourth-order valence-electron chi connectivity index (χ4n) is 3.31. The van der Waals surface area contributed by atoms with Crippen LogP contribution in [0.2, 0.25) is 0 Å². The van der Waals surface area contributed by atoms with E-state index in [1.807, 2.05) is 60.7 Å². The third kappa shape index (κ3) is 4.50. The first-order chi connectivity index (χ1) is 14.7. The van der Waals surface area contributed by atoms with Gasteiger partial charge in [0, 0.05) is 11.1 Å². The van der Waals surface area contributed by atoms with Crippen molar-refractivity contribution >= 4 is 47.6 Å². The van der Waals surface area contributed by atoms with E-state index in [0.29, 0.717) is 11.1 Å². The molecule has 0 spiro atoms. The summed E-state index contributed by atoms with van der Waals surface area (Å²) >= 11 is 0. The largest absolute Gasteiger partial charge is 0.298 e. The molecule has 4 aromatic rings. The van der Waals surface area contributed by atoms with Crippen LogP contribution < -0.4 is 0 Å². The molecule has 0 bridgehead atoms. The maximum Gasteiger partial charge on any atom is 0.150 e. The van der Waals surface area contributed by atoms with E-state index in [9.17, 15) is 9.59 Å². The Labute approximate surface area is 175 Å². The maximum atomic E-state index is 10.8. The maximum absolute atomic E-state index is 10.8. The van der Waals surface area contributed by atoms with E-state index < -0.39 is 0 Å². The van der Waals surface area contributed by atoms with Crippen LogP contribution in [0.4, 0.5) is 0 Å². The molecule has 0 saturated heterocycles. The topological polar surface area (TPSA) is 34.1 Å². The number of fused-ring (bicyclic) bond motifs is 1. The number of aldehydes is 2. The summed E-state index contributed by atoms with van der Waals surface area (Å²) in [5, 5.41) is 2.36. The van der Waals surface area contributed by atoms with Crippen LogP contribution in [-0.2, 0) is 0 Å². The number of hydrogen-bond acceptors (Lipinski definition) is 2. The Balaban J connectivity index is 1.70. The summed E-state index contributed by atoms with van der Waals surface area (Å²) in [6.07, 6.45) is 9.99. The normalized spacial score (nSPS) is 11.3. The van der Waals surface area contributed by atoms with E-state index in [4.69, 9.17) is 0 Å². The van der Waals surface area contributed by atoms with E-state index in [1.165, 1.54) is 10.8 Å². The summed E-state index contributed by atoms with van der Waals surface area (Å²) in [7, 11) is 0. The van der Waals surface area contributed by atoms with Gasteiger partial charge in [-0.3, -0.25) is 9.59 Å². The zero-order valence-electron chi connectivity index (χ0n) is 16.4. The lowest BCUT2D eigenvalue weighted by Gasteiger charge is -2.06. The molecule has 0 fully saturated rings. The number of carbonyl (C=O) groups is 2. The summed E-state index contributed by atoms with van der Waals surface area (Å²) in [5.74, 6) is 0. The molecule has 0 amide bonds.